The van der Waals surface area contributed by atoms with Gasteiger partial charge in [-0.25, -0.2) is 4.79 Å². The van der Waals surface area contributed by atoms with Crippen molar-refractivity contribution in [3.63, 3.8) is 0 Å². The van der Waals surface area contributed by atoms with Gasteiger partial charge in [-0.1, -0.05) is 25.4 Å². The molecule has 0 heterocycles. The number of carbonyl (C=O) groups is 1. The van der Waals surface area contributed by atoms with Gasteiger partial charge in [0.05, 0.1) is 6.54 Å². The van der Waals surface area contributed by atoms with Gasteiger partial charge in [0.25, 0.3) is 0 Å². The van der Waals surface area contributed by atoms with Crippen molar-refractivity contribution in [2.24, 2.45) is 10.9 Å². The summed E-state index contributed by atoms with van der Waals surface area (Å²) in [6, 6.07) is -0.165. The Balaban J connectivity index is 4.12. The SMILES string of the molecule is CCCCNC(=O)N(CCC)CC(N)=NO. The summed E-state index contributed by atoms with van der Waals surface area (Å²) < 4.78 is 0. The van der Waals surface area contributed by atoms with E-state index in [0.717, 1.165) is 19.3 Å². The van der Waals surface area contributed by atoms with E-state index < -0.39 is 0 Å². The maximum Gasteiger partial charge on any atom is 0.317 e. The molecular weight excluding hydrogens is 208 g/mol. The molecule has 0 aliphatic rings. The summed E-state index contributed by atoms with van der Waals surface area (Å²) in [6.45, 7) is 5.44. The molecule has 0 unspecified atom stereocenters. The Morgan fingerprint density at radius 1 is 1.44 bits per heavy atom. The number of hydrogen-bond acceptors (Lipinski definition) is 3. The lowest BCUT2D eigenvalue weighted by molar-refractivity contribution is 0.204. The molecule has 0 aromatic heterocycles. The van der Waals surface area contributed by atoms with Gasteiger partial charge < -0.3 is 21.2 Å². The average molecular weight is 230 g/mol. The summed E-state index contributed by atoms with van der Waals surface area (Å²) in [4.78, 5) is 13.2. The van der Waals surface area contributed by atoms with Gasteiger partial charge in [0.1, 0.15) is 0 Å². The molecule has 2 amide bonds. The maximum absolute atomic E-state index is 11.7. The number of rotatable bonds is 7. The van der Waals surface area contributed by atoms with Gasteiger partial charge in [-0.3, -0.25) is 0 Å². The molecule has 6 nitrogen and oxygen atoms in total. The van der Waals surface area contributed by atoms with Crippen LogP contribution < -0.4 is 11.1 Å². The number of nitrogens with one attached hydrogen (secondary N) is 1. The minimum Gasteiger partial charge on any atom is -0.409 e. The second-order valence-corrected chi connectivity index (χ2v) is 3.60. The molecule has 94 valence electrons. The molecule has 0 aliphatic heterocycles. The first-order valence-corrected chi connectivity index (χ1v) is 5.64. The number of unbranched alkanes of at least 4 members (excludes halogenated alkanes) is 1. The molecule has 16 heavy (non-hydrogen) atoms. The molecule has 6 heteroatoms. The first kappa shape index (κ1) is 14.5. The molecule has 0 atom stereocenters. The third kappa shape index (κ3) is 6.10. The van der Waals surface area contributed by atoms with Crippen LogP contribution in [-0.2, 0) is 0 Å². The van der Waals surface area contributed by atoms with Crippen molar-refractivity contribution in [3.8, 4) is 0 Å². The van der Waals surface area contributed by atoms with E-state index in [4.69, 9.17) is 10.9 Å². The van der Waals surface area contributed by atoms with Crippen LogP contribution in [0.25, 0.3) is 0 Å². The fourth-order valence-corrected chi connectivity index (χ4v) is 1.23. The highest BCUT2D eigenvalue weighted by Gasteiger charge is 2.13. The summed E-state index contributed by atoms with van der Waals surface area (Å²) in [5, 5.41) is 14.1. The number of amidine groups is 1. The third-order valence-corrected chi connectivity index (χ3v) is 2.07. The number of nitrogens with two attached hydrogens (primary N) is 1. The predicted octanol–water partition coefficient (Wildman–Crippen LogP) is 0.954. The lowest BCUT2D eigenvalue weighted by Crippen LogP contribution is -2.45. The van der Waals surface area contributed by atoms with E-state index in [1.165, 1.54) is 4.90 Å². The van der Waals surface area contributed by atoms with Crippen LogP contribution in [0.15, 0.2) is 5.16 Å². The summed E-state index contributed by atoms with van der Waals surface area (Å²) in [7, 11) is 0. The lowest BCUT2D eigenvalue weighted by atomic mass is 10.3. The van der Waals surface area contributed by atoms with Crippen molar-refractivity contribution in [1.82, 2.24) is 10.2 Å². The van der Waals surface area contributed by atoms with Crippen molar-refractivity contribution in [1.29, 1.82) is 0 Å². The van der Waals surface area contributed by atoms with Gasteiger partial charge in [0.2, 0.25) is 0 Å². The highest BCUT2D eigenvalue weighted by atomic mass is 16.4. The molecule has 0 saturated heterocycles. The number of hydrogen-bond donors (Lipinski definition) is 3. The summed E-state index contributed by atoms with van der Waals surface area (Å²) in [5.41, 5.74) is 5.38. The molecule has 0 radical (unpaired) electrons. The van der Waals surface area contributed by atoms with Crippen molar-refractivity contribution in [3.05, 3.63) is 0 Å². The minimum atomic E-state index is -0.165. The average Bonchev–Trinajstić information content (AvgIpc) is 2.28. The Kier molecular flexibility index (Phi) is 8.01. The number of oxime groups is 1. The zero-order valence-corrected chi connectivity index (χ0v) is 10.1. The topological polar surface area (TPSA) is 91.0 Å². The standard InChI is InChI=1S/C10H22N4O2/c1-3-5-6-12-10(15)14(7-4-2)8-9(11)13-16/h16H,3-8H2,1-2H3,(H2,11,13)(H,12,15). The van der Waals surface area contributed by atoms with Gasteiger partial charge in [0, 0.05) is 13.1 Å². The van der Waals surface area contributed by atoms with E-state index in [1.807, 2.05) is 6.92 Å². The first-order valence-electron chi connectivity index (χ1n) is 5.64. The molecule has 0 fully saturated rings. The van der Waals surface area contributed by atoms with Crippen molar-refractivity contribution in [2.75, 3.05) is 19.6 Å². The fraction of sp³-hybridized carbons (Fsp3) is 0.800. The zero-order valence-electron chi connectivity index (χ0n) is 10.1. The van der Waals surface area contributed by atoms with E-state index in [0.29, 0.717) is 13.1 Å². The van der Waals surface area contributed by atoms with Crippen LogP contribution in [0.1, 0.15) is 33.1 Å². The Morgan fingerprint density at radius 2 is 2.12 bits per heavy atom. The normalized spacial score (nSPS) is 11.2. The molecule has 0 aromatic rings. The van der Waals surface area contributed by atoms with Gasteiger partial charge in [-0.15, -0.1) is 0 Å². The highest BCUT2D eigenvalue weighted by molar-refractivity contribution is 5.86. The summed E-state index contributed by atoms with van der Waals surface area (Å²) >= 11 is 0. The quantitative estimate of drug-likeness (QED) is 0.200. The van der Waals surface area contributed by atoms with Gasteiger partial charge in [-0.2, -0.15) is 0 Å². The third-order valence-electron chi connectivity index (χ3n) is 2.07. The van der Waals surface area contributed by atoms with Gasteiger partial charge in [0.15, 0.2) is 5.84 Å². The van der Waals surface area contributed by atoms with Crippen LogP contribution in [0.3, 0.4) is 0 Å². The van der Waals surface area contributed by atoms with Crippen LogP contribution in [-0.4, -0.2) is 41.6 Å². The zero-order chi connectivity index (χ0) is 12.4. The maximum atomic E-state index is 11.7. The Labute approximate surface area is 96.5 Å². The first-order chi connectivity index (χ1) is 7.65. The second kappa shape index (κ2) is 8.82. The van der Waals surface area contributed by atoms with Crippen molar-refractivity contribution >= 4 is 11.9 Å². The Morgan fingerprint density at radius 3 is 2.62 bits per heavy atom. The Bertz CT molecular complexity index is 231. The van der Waals surface area contributed by atoms with Crippen LogP contribution in [0.2, 0.25) is 0 Å². The van der Waals surface area contributed by atoms with E-state index in [9.17, 15) is 4.79 Å². The smallest absolute Gasteiger partial charge is 0.317 e. The monoisotopic (exact) mass is 230 g/mol. The summed E-state index contributed by atoms with van der Waals surface area (Å²) in [6.07, 6.45) is 2.82. The molecule has 0 spiro atoms. The number of urea groups is 1. The summed E-state index contributed by atoms with van der Waals surface area (Å²) in [5.74, 6) is 0.0408. The molecule has 4 N–H and O–H groups in total. The van der Waals surface area contributed by atoms with E-state index in [2.05, 4.69) is 17.4 Å². The van der Waals surface area contributed by atoms with E-state index in [-0.39, 0.29) is 18.4 Å². The lowest BCUT2D eigenvalue weighted by Gasteiger charge is -2.21. The minimum absolute atomic E-state index is 0.0408. The highest BCUT2D eigenvalue weighted by Crippen LogP contribution is 1.93. The molecule has 0 rings (SSSR count). The van der Waals surface area contributed by atoms with Crippen LogP contribution in [0.4, 0.5) is 4.79 Å². The van der Waals surface area contributed by atoms with E-state index in [1.54, 1.807) is 0 Å². The van der Waals surface area contributed by atoms with E-state index >= 15 is 0 Å². The van der Waals surface area contributed by atoms with Crippen LogP contribution >= 0.6 is 0 Å². The molecular formula is C10H22N4O2. The molecule has 0 aromatic carbocycles. The van der Waals surface area contributed by atoms with Gasteiger partial charge in [-0.05, 0) is 12.8 Å². The number of nitrogens with zero attached hydrogens (tertiary/aromatic N) is 2. The van der Waals surface area contributed by atoms with Crippen molar-refractivity contribution < 1.29 is 10.0 Å². The van der Waals surface area contributed by atoms with Gasteiger partial charge >= 0.3 is 6.03 Å². The molecule has 0 saturated carbocycles. The molecule has 0 bridgehead atoms. The largest absolute Gasteiger partial charge is 0.409 e. The second-order valence-electron chi connectivity index (χ2n) is 3.60. The number of amides is 2. The number of carbonyl (C=O) groups excluding carboxylic acids is 1. The van der Waals surface area contributed by atoms with Crippen LogP contribution in [0.5, 0.6) is 0 Å². The fourth-order valence-electron chi connectivity index (χ4n) is 1.23. The molecule has 0 aliphatic carbocycles. The predicted molar refractivity (Wildman–Crippen MR) is 63.6 cm³/mol. The van der Waals surface area contributed by atoms with Crippen LogP contribution in [0, 0.1) is 0 Å². The Hall–Kier alpha value is -1.46. The van der Waals surface area contributed by atoms with Crippen molar-refractivity contribution in [2.45, 2.75) is 33.1 Å².